The number of benzene rings is 1. The van der Waals surface area contributed by atoms with Gasteiger partial charge in [0, 0.05) is 6.42 Å². The van der Waals surface area contributed by atoms with E-state index >= 15 is 0 Å². The van der Waals surface area contributed by atoms with Gasteiger partial charge in [0.1, 0.15) is 6.29 Å². The Kier molecular flexibility index (Phi) is 5.24. The van der Waals surface area contributed by atoms with Crippen LogP contribution in [0.4, 0.5) is 0 Å². The van der Waals surface area contributed by atoms with Crippen LogP contribution in [-0.4, -0.2) is 6.29 Å². The molecule has 0 N–H and O–H groups in total. The molecule has 1 heteroatoms. The number of hydrogen-bond donors (Lipinski definition) is 0. The first-order valence-corrected chi connectivity index (χ1v) is 6.15. The van der Waals surface area contributed by atoms with Crippen molar-refractivity contribution in [1.29, 1.82) is 0 Å². The molecule has 1 nitrogen and oxygen atoms in total. The van der Waals surface area contributed by atoms with E-state index in [0.29, 0.717) is 12.3 Å². The Hall–Kier alpha value is -1.11. The number of aldehydes is 1. The molecule has 0 saturated heterocycles. The van der Waals surface area contributed by atoms with Gasteiger partial charge in [-0.2, -0.15) is 0 Å². The van der Waals surface area contributed by atoms with Gasteiger partial charge in [-0.1, -0.05) is 32.0 Å². The van der Waals surface area contributed by atoms with Crippen LogP contribution in [0.15, 0.2) is 18.2 Å². The molecular formula is C15H22O. The summed E-state index contributed by atoms with van der Waals surface area (Å²) in [6.07, 6.45) is 4.81. The molecule has 0 saturated carbocycles. The molecule has 1 aromatic carbocycles. The van der Waals surface area contributed by atoms with Crippen molar-refractivity contribution in [2.75, 3.05) is 0 Å². The van der Waals surface area contributed by atoms with Gasteiger partial charge in [0.2, 0.25) is 0 Å². The normalized spacial score (nSPS) is 10.8. The van der Waals surface area contributed by atoms with Gasteiger partial charge in [0.05, 0.1) is 0 Å². The van der Waals surface area contributed by atoms with E-state index in [4.69, 9.17) is 0 Å². The maximum Gasteiger partial charge on any atom is 0.120 e. The van der Waals surface area contributed by atoms with E-state index < -0.39 is 0 Å². The van der Waals surface area contributed by atoms with E-state index in [1.807, 2.05) is 0 Å². The summed E-state index contributed by atoms with van der Waals surface area (Å²) < 4.78 is 0. The highest BCUT2D eigenvalue weighted by molar-refractivity contribution is 5.49. The summed E-state index contributed by atoms with van der Waals surface area (Å²) in [6, 6.07) is 6.73. The maximum absolute atomic E-state index is 10.3. The zero-order valence-electron chi connectivity index (χ0n) is 10.6. The fraction of sp³-hybridized carbons (Fsp3) is 0.533. The van der Waals surface area contributed by atoms with Gasteiger partial charge < -0.3 is 4.79 Å². The van der Waals surface area contributed by atoms with E-state index in [2.05, 4.69) is 39.0 Å². The maximum atomic E-state index is 10.3. The number of rotatable bonds is 6. The summed E-state index contributed by atoms with van der Waals surface area (Å²) in [4.78, 5) is 10.3. The van der Waals surface area contributed by atoms with Crippen molar-refractivity contribution in [1.82, 2.24) is 0 Å². The summed E-state index contributed by atoms with van der Waals surface area (Å²) in [5.41, 5.74) is 4.17. The molecule has 0 atom stereocenters. The SMILES string of the molecule is Cc1cc(CC(C)C)ccc1CCCC=O. The van der Waals surface area contributed by atoms with Crippen molar-refractivity contribution in [2.45, 2.75) is 46.5 Å². The summed E-state index contributed by atoms with van der Waals surface area (Å²) in [5.74, 6) is 0.709. The minimum atomic E-state index is 0.674. The van der Waals surface area contributed by atoms with Crippen molar-refractivity contribution in [3.05, 3.63) is 34.9 Å². The van der Waals surface area contributed by atoms with E-state index in [0.717, 1.165) is 25.5 Å². The van der Waals surface area contributed by atoms with Crippen molar-refractivity contribution in [2.24, 2.45) is 5.92 Å². The molecule has 1 aromatic rings. The zero-order chi connectivity index (χ0) is 12.0. The Morgan fingerprint density at radius 3 is 2.62 bits per heavy atom. The topological polar surface area (TPSA) is 17.1 Å². The summed E-state index contributed by atoms with van der Waals surface area (Å²) in [7, 11) is 0. The van der Waals surface area contributed by atoms with Crippen LogP contribution < -0.4 is 0 Å². The zero-order valence-corrected chi connectivity index (χ0v) is 10.6. The number of carbonyl (C=O) groups is 1. The number of carbonyl (C=O) groups excluding carboxylic acids is 1. The van der Waals surface area contributed by atoms with Crippen LogP contribution in [0.1, 0.15) is 43.4 Å². The molecule has 0 heterocycles. The second-order valence-corrected chi connectivity index (χ2v) is 4.92. The highest BCUT2D eigenvalue weighted by atomic mass is 16.1. The third-order valence-corrected chi connectivity index (χ3v) is 2.82. The van der Waals surface area contributed by atoms with Crippen LogP contribution in [-0.2, 0) is 17.6 Å². The third-order valence-electron chi connectivity index (χ3n) is 2.82. The van der Waals surface area contributed by atoms with E-state index in [-0.39, 0.29) is 0 Å². The monoisotopic (exact) mass is 218 g/mol. The van der Waals surface area contributed by atoms with Crippen LogP contribution in [0.5, 0.6) is 0 Å². The molecule has 1 rings (SSSR count). The molecule has 0 amide bonds. The molecule has 0 aliphatic carbocycles. The second kappa shape index (κ2) is 6.47. The second-order valence-electron chi connectivity index (χ2n) is 4.92. The summed E-state index contributed by atoms with van der Waals surface area (Å²) in [6.45, 7) is 6.65. The fourth-order valence-electron chi connectivity index (χ4n) is 2.01. The van der Waals surface area contributed by atoms with E-state index in [1.165, 1.54) is 16.7 Å². The first-order valence-electron chi connectivity index (χ1n) is 6.15. The molecule has 0 aromatic heterocycles. The van der Waals surface area contributed by atoms with Gasteiger partial charge in [0.25, 0.3) is 0 Å². The molecule has 0 aliphatic rings. The third kappa shape index (κ3) is 4.18. The van der Waals surface area contributed by atoms with E-state index in [9.17, 15) is 4.79 Å². The smallest absolute Gasteiger partial charge is 0.120 e. The van der Waals surface area contributed by atoms with Gasteiger partial charge in [-0.25, -0.2) is 0 Å². The lowest BCUT2D eigenvalue weighted by atomic mass is 9.96. The average Bonchev–Trinajstić information content (AvgIpc) is 2.20. The van der Waals surface area contributed by atoms with E-state index in [1.54, 1.807) is 0 Å². The van der Waals surface area contributed by atoms with Crippen LogP contribution >= 0.6 is 0 Å². The Bertz CT molecular complexity index is 339. The number of unbranched alkanes of at least 4 members (excludes halogenated alkanes) is 1. The van der Waals surface area contributed by atoms with Gasteiger partial charge >= 0.3 is 0 Å². The molecule has 16 heavy (non-hydrogen) atoms. The van der Waals surface area contributed by atoms with Crippen LogP contribution in [0.3, 0.4) is 0 Å². The van der Waals surface area contributed by atoms with Crippen molar-refractivity contribution >= 4 is 6.29 Å². The van der Waals surface area contributed by atoms with Crippen LogP contribution in [0, 0.1) is 12.8 Å². The van der Waals surface area contributed by atoms with Crippen molar-refractivity contribution in [3.63, 3.8) is 0 Å². The molecule has 88 valence electrons. The minimum absolute atomic E-state index is 0.674. The fourth-order valence-corrected chi connectivity index (χ4v) is 2.01. The first-order chi connectivity index (χ1) is 7.63. The molecule has 0 aliphatic heterocycles. The van der Waals surface area contributed by atoms with Gasteiger partial charge in [-0.15, -0.1) is 0 Å². The molecule has 0 bridgehead atoms. The Morgan fingerprint density at radius 1 is 1.31 bits per heavy atom. The van der Waals surface area contributed by atoms with Crippen LogP contribution in [0.25, 0.3) is 0 Å². The molecule has 0 spiro atoms. The van der Waals surface area contributed by atoms with Crippen LogP contribution in [0.2, 0.25) is 0 Å². The quantitative estimate of drug-likeness (QED) is 0.525. The minimum Gasteiger partial charge on any atom is -0.303 e. The largest absolute Gasteiger partial charge is 0.303 e. The summed E-state index contributed by atoms with van der Waals surface area (Å²) >= 11 is 0. The predicted molar refractivity (Wildman–Crippen MR) is 68.7 cm³/mol. The average molecular weight is 218 g/mol. The lowest BCUT2D eigenvalue weighted by molar-refractivity contribution is -0.107. The van der Waals surface area contributed by atoms with Gasteiger partial charge in [-0.3, -0.25) is 0 Å². The molecule has 0 unspecified atom stereocenters. The Labute approximate surface area is 98.9 Å². The molecule has 0 fully saturated rings. The molecular weight excluding hydrogens is 196 g/mol. The van der Waals surface area contributed by atoms with Gasteiger partial charge in [0.15, 0.2) is 0 Å². The van der Waals surface area contributed by atoms with Gasteiger partial charge in [-0.05, 0) is 48.8 Å². The summed E-state index contributed by atoms with van der Waals surface area (Å²) in [5, 5.41) is 0. The standard InChI is InChI=1S/C15H22O/c1-12(2)10-14-7-8-15(13(3)11-14)6-4-5-9-16/h7-9,11-12H,4-6,10H2,1-3H3. The lowest BCUT2D eigenvalue weighted by Crippen LogP contribution is -1.97. The Balaban J connectivity index is 2.63. The lowest BCUT2D eigenvalue weighted by Gasteiger charge is -2.09. The first kappa shape index (κ1) is 13.0. The molecule has 0 radical (unpaired) electrons. The number of hydrogen-bond acceptors (Lipinski definition) is 1. The number of aryl methyl sites for hydroxylation is 2. The van der Waals surface area contributed by atoms with Crippen molar-refractivity contribution < 1.29 is 4.79 Å². The predicted octanol–water partition coefficient (Wildman–Crippen LogP) is 3.72. The highest BCUT2D eigenvalue weighted by Crippen LogP contribution is 2.16. The Morgan fingerprint density at radius 2 is 2.06 bits per heavy atom. The van der Waals surface area contributed by atoms with Crippen molar-refractivity contribution in [3.8, 4) is 0 Å². The highest BCUT2D eigenvalue weighted by Gasteiger charge is 2.02.